The van der Waals surface area contributed by atoms with E-state index in [1.54, 1.807) is 0 Å². The molecule has 0 aromatic heterocycles. The number of carbonyl (C=O) groups is 1. The summed E-state index contributed by atoms with van der Waals surface area (Å²) in [4.78, 5) is 11.9. The number of nitrogens with one attached hydrogen (secondary N) is 1. The first-order valence-electron chi connectivity index (χ1n) is 7.21. The Morgan fingerprint density at radius 2 is 1.90 bits per heavy atom. The molecule has 0 aliphatic heterocycles. The van der Waals surface area contributed by atoms with Gasteiger partial charge in [0.15, 0.2) is 0 Å². The average Bonchev–Trinajstić information content (AvgIpc) is 2.48. The van der Waals surface area contributed by atoms with Gasteiger partial charge in [-0.2, -0.15) is 0 Å². The molecule has 3 heteroatoms. The summed E-state index contributed by atoms with van der Waals surface area (Å²) in [6.07, 6.45) is 1.31. The van der Waals surface area contributed by atoms with E-state index in [0.717, 1.165) is 17.0 Å². The van der Waals surface area contributed by atoms with Crippen LogP contribution in [-0.4, -0.2) is 12.5 Å². The Hall–Kier alpha value is -1.80. The molecule has 1 N–H and O–H groups in total. The highest BCUT2D eigenvalue weighted by molar-refractivity contribution is 6.30. The van der Waals surface area contributed by atoms with E-state index in [9.17, 15) is 4.79 Å². The topological polar surface area (TPSA) is 29.1 Å². The molecule has 110 valence electrons. The van der Waals surface area contributed by atoms with Crippen LogP contribution in [0.4, 0.5) is 0 Å². The standard InChI is InChI=1S/C18H20ClNO/c1-14(16-7-3-2-4-8-16)12-18(21)20-11-10-15-6-5-9-17(19)13-15/h2-9,13-14H,10-12H2,1H3,(H,20,21). The lowest BCUT2D eigenvalue weighted by Crippen LogP contribution is -2.26. The van der Waals surface area contributed by atoms with Crippen molar-refractivity contribution in [2.45, 2.75) is 25.7 Å². The van der Waals surface area contributed by atoms with Gasteiger partial charge in [-0.3, -0.25) is 4.79 Å². The third-order valence-corrected chi connectivity index (χ3v) is 3.72. The number of hydrogen-bond donors (Lipinski definition) is 1. The van der Waals surface area contributed by atoms with Crippen molar-refractivity contribution in [3.63, 3.8) is 0 Å². The Morgan fingerprint density at radius 1 is 1.14 bits per heavy atom. The summed E-state index contributed by atoms with van der Waals surface area (Å²) in [6.45, 7) is 2.71. The van der Waals surface area contributed by atoms with Gasteiger partial charge in [0.25, 0.3) is 0 Å². The molecule has 21 heavy (non-hydrogen) atoms. The molecule has 0 aliphatic rings. The minimum absolute atomic E-state index is 0.0911. The van der Waals surface area contributed by atoms with Crippen molar-refractivity contribution in [1.29, 1.82) is 0 Å². The van der Waals surface area contributed by atoms with Crippen LogP contribution in [0.2, 0.25) is 5.02 Å². The van der Waals surface area contributed by atoms with Gasteiger partial charge in [0.05, 0.1) is 0 Å². The minimum Gasteiger partial charge on any atom is -0.356 e. The van der Waals surface area contributed by atoms with Crippen molar-refractivity contribution in [3.8, 4) is 0 Å². The Balaban J connectivity index is 1.75. The lowest BCUT2D eigenvalue weighted by atomic mass is 9.97. The normalized spacial score (nSPS) is 11.9. The van der Waals surface area contributed by atoms with E-state index in [-0.39, 0.29) is 11.8 Å². The summed E-state index contributed by atoms with van der Waals surface area (Å²) >= 11 is 5.94. The molecule has 0 fully saturated rings. The summed E-state index contributed by atoms with van der Waals surface area (Å²) in [5.41, 5.74) is 2.33. The van der Waals surface area contributed by atoms with Crippen LogP contribution in [0.25, 0.3) is 0 Å². The van der Waals surface area contributed by atoms with E-state index in [1.807, 2.05) is 42.5 Å². The third-order valence-electron chi connectivity index (χ3n) is 3.49. The van der Waals surface area contributed by atoms with Gasteiger partial charge in [-0.05, 0) is 35.6 Å². The number of amides is 1. The second-order valence-corrected chi connectivity index (χ2v) is 5.68. The summed E-state index contributed by atoms with van der Waals surface area (Å²) in [6, 6.07) is 17.8. The van der Waals surface area contributed by atoms with Gasteiger partial charge in [0.2, 0.25) is 5.91 Å². The molecular formula is C18H20ClNO. The molecule has 0 bridgehead atoms. The lowest BCUT2D eigenvalue weighted by Gasteiger charge is -2.12. The smallest absolute Gasteiger partial charge is 0.220 e. The summed E-state index contributed by atoms with van der Waals surface area (Å²) in [5, 5.41) is 3.70. The van der Waals surface area contributed by atoms with E-state index in [1.165, 1.54) is 5.56 Å². The van der Waals surface area contributed by atoms with E-state index >= 15 is 0 Å². The maximum absolute atomic E-state index is 11.9. The zero-order chi connectivity index (χ0) is 15.1. The highest BCUT2D eigenvalue weighted by Crippen LogP contribution is 2.18. The Bertz CT molecular complexity index is 583. The van der Waals surface area contributed by atoms with Crippen LogP contribution in [0.5, 0.6) is 0 Å². The highest BCUT2D eigenvalue weighted by atomic mass is 35.5. The molecule has 2 aromatic carbocycles. The predicted molar refractivity (Wildman–Crippen MR) is 87.6 cm³/mol. The van der Waals surface area contributed by atoms with Crippen molar-refractivity contribution in [1.82, 2.24) is 5.32 Å². The fourth-order valence-corrected chi connectivity index (χ4v) is 2.50. The minimum atomic E-state index is 0.0911. The fourth-order valence-electron chi connectivity index (χ4n) is 2.29. The molecule has 0 heterocycles. The molecule has 0 aliphatic carbocycles. The number of carbonyl (C=O) groups excluding carboxylic acids is 1. The van der Waals surface area contributed by atoms with Crippen LogP contribution in [0.3, 0.4) is 0 Å². The number of hydrogen-bond acceptors (Lipinski definition) is 1. The quantitative estimate of drug-likeness (QED) is 0.851. The average molecular weight is 302 g/mol. The van der Waals surface area contributed by atoms with E-state index in [0.29, 0.717) is 13.0 Å². The van der Waals surface area contributed by atoms with Gasteiger partial charge < -0.3 is 5.32 Å². The second-order valence-electron chi connectivity index (χ2n) is 5.25. The number of halogens is 1. The predicted octanol–water partition coefficient (Wildman–Crippen LogP) is 4.19. The van der Waals surface area contributed by atoms with Gasteiger partial charge in [-0.15, -0.1) is 0 Å². The first kappa shape index (κ1) is 15.6. The molecule has 1 unspecified atom stereocenters. The van der Waals surface area contributed by atoms with Crippen LogP contribution in [-0.2, 0) is 11.2 Å². The van der Waals surface area contributed by atoms with Crippen molar-refractivity contribution in [3.05, 3.63) is 70.7 Å². The van der Waals surface area contributed by atoms with Gasteiger partial charge in [-0.25, -0.2) is 0 Å². The zero-order valence-corrected chi connectivity index (χ0v) is 12.9. The largest absolute Gasteiger partial charge is 0.356 e. The Morgan fingerprint density at radius 3 is 2.62 bits per heavy atom. The monoisotopic (exact) mass is 301 g/mol. The second kappa shape index (κ2) is 7.84. The molecule has 0 saturated heterocycles. The van der Waals surface area contributed by atoms with Crippen molar-refractivity contribution < 1.29 is 4.79 Å². The zero-order valence-electron chi connectivity index (χ0n) is 12.2. The van der Waals surface area contributed by atoms with Crippen LogP contribution in [0.15, 0.2) is 54.6 Å². The van der Waals surface area contributed by atoms with Crippen molar-refractivity contribution in [2.75, 3.05) is 6.54 Å². The molecule has 0 spiro atoms. The first-order valence-corrected chi connectivity index (χ1v) is 7.59. The molecule has 1 atom stereocenters. The SMILES string of the molecule is CC(CC(=O)NCCc1cccc(Cl)c1)c1ccccc1. The maximum atomic E-state index is 11.9. The molecule has 0 saturated carbocycles. The molecular weight excluding hydrogens is 282 g/mol. The number of benzene rings is 2. The van der Waals surface area contributed by atoms with Crippen LogP contribution in [0.1, 0.15) is 30.4 Å². The Labute approximate surface area is 131 Å². The summed E-state index contributed by atoms with van der Waals surface area (Å²) in [5.74, 6) is 0.325. The molecule has 2 rings (SSSR count). The number of rotatable bonds is 6. The summed E-state index contributed by atoms with van der Waals surface area (Å²) in [7, 11) is 0. The van der Waals surface area contributed by atoms with Crippen LogP contribution < -0.4 is 5.32 Å². The third kappa shape index (κ3) is 5.24. The maximum Gasteiger partial charge on any atom is 0.220 e. The van der Waals surface area contributed by atoms with Crippen LogP contribution >= 0.6 is 11.6 Å². The molecule has 2 nitrogen and oxygen atoms in total. The molecule has 1 amide bonds. The fraction of sp³-hybridized carbons (Fsp3) is 0.278. The van der Waals surface area contributed by atoms with Crippen molar-refractivity contribution in [2.24, 2.45) is 0 Å². The summed E-state index contributed by atoms with van der Waals surface area (Å²) < 4.78 is 0. The first-order chi connectivity index (χ1) is 10.1. The van der Waals surface area contributed by atoms with Crippen LogP contribution in [0, 0.1) is 0 Å². The lowest BCUT2D eigenvalue weighted by molar-refractivity contribution is -0.121. The van der Waals surface area contributed by atoms with E-state index < -0.39 is 0 Å². The highest BCUT2D eigenvalue weighted by Gasteiger charge is 2.10. The molecule has 0 radical (unpaired) electrons. The van der Waals surface area contributed by atoms with Gasteiger partial charge in [0, 0.05) is 18.0 Å². The molecule has 2 aromatic rings. The van der Waals surface area contributed by atoms with Gasteiger partial charge in [-0.1, -0.05) is 61.0 Å². The Kier molecular flexibility index (Phi) is 5.82. The van der Waals surface area contributed by atoms with Crippen molar-refractivity contribution >= 4 is 17.5 Å². The van der Waals surface area contributed by atoms with E-state index in [2.05, 4.69) is 24.4 Å². The van der Waals surface area contributed by atoms with Gasteiger partial charge in [0.1, 0.15) is 0 Å². The van der Waals surface area contributed by atoms with E-state index in [4.69, 9.17) is 11.6 Å². The van der Waals surface area contributed by atoms with Gasteiger partial charge >= 0.3 is 0 Å².